The smallest absolute Gasteiger partial charge is 0.00582 e. The predicted molar refractivity (Wildman–Crippen MR) is 102 cm³/mol. The van der Waals surface area contributed by atoms with E-state index in [1.165, 1.54) is 96.3 Å². The number of hydrogen-bond acceptors (Lipinski definition) is 1. The van der Waals surface area contributed by atoms with Crippen LogP contribution in [0.3, 0.4) is 0 Å². The number of rotatable bonds is 17. The van der Waals surface area contributed by atoms with E-state index in [0.29, 0.717) is 0 Å². The van der Waals surface area contributed by atoms with Crippen LogP contribution in [0, 0.1) is 11.3 Å². The molecule has 0 radical (unpaired) electrons. The van der Waals surface area contributed by atoms with Crippen molar-refractivity contribution in [3.63, 3.8) is 0 Å². The lowest BCUT2D eigenvalue weighted by molar-refractivity contribution is 0.435. The molecule has 0 heterocycles. The van der Waals surface area contributed by atoms with E-state index in [9.17, 15) is 0 Å². The van der Waals surface area contributed by atoms with E-state index in [1.807, 2.05) is 6.92 Å². The Morgan fingerprint density at radius 1 is 0.682 bits per heavy atom. The van der Waals surface area contributed by atoms with Crippen LogP contribution in [-0.4, -0.2) is 5.71 Å². The van der Waals surface area contributed by atoms with E-state index in [1.54, 1.807) is 0 Å². The molecule has 0 amide bonds. The van der Waals surface area contributed by atoms with Crippen molar-refractivity contribution >= 4 is 5.71 Å². The van der Waals surface area contributed by atoms with Crippen molar-refractivity contribution in [1.29, 1.82) is 5.41 Å². The molecule has 1 N–H and O–H groups in total. The standard InChI is InChI=1S/C21H43N/c1-4-5-14-17-20(2)18-15-12-10-8-6-7-9-11-13-16-19-21(3)22/h20,22H,4-19H2,1-3H3. The molecule has 0 saturated carbocycles. The molecule has 0 aromatic carbocycles. The minimum atomic E-state index is 0.847. The zero-order chi connectivity index (χ0) is 16.5. The van der Waals surface area contributed by atoms with Gasteiger partial charge >= 0.3 is 0 Å². The third kappa shape index (κ3) is 17.7. The van der Waals surface area contributed by atoms with Gasteiger partial charge in [-0.05, 0) is 25.7 Å². The Morgan fingerprint density at radius 2 is 1.09 bits per heavy atom. The van der Waals surface area contributed by atoms with Crippen LogP contribution in [0.4, 0.5) is 0 Å². The summed E-state index contributed by atoms with van der Waals surface area (Å²) in [6.07, 6.45) is 22.2. The average Bonchev–Trinajstić information content (AvgIpc) is 2.48. The van der Waals surface area contributed by atoms with Crippen molar-refractivity contribution in [3.8, 4) is 0 Å². The van der Waals surface area contributed by atoms with Crippen molar-refractivity contribution in [1.82, 2.24) is 0 Å². The van der Waals surface area contributed by atoms with Crippen LogP contribution in [0.15, 0.2) is 0 Å². The molecule has 1 unspecified atom stereocenters. The highest BCUT2D eigenvalue weighted by atomic mass is 14.4. The van der Waals surface area contributed by atoms with Gasteiger partial charge in [0.25, 0.3) is 0 Å². The van der Waals surface area contributed by atoms with Crippen LogP contribution in [0.1, 0.15) is 124 Å². The topological polar surface area (TPSA) is 23.9 Å². The molecule has 0 fully saturated rings. The zero-order valence-electron chi connectivity index (χ0n) is 15.9. The predicted octanol–water partition coefficient (Wildman–Crippen LogP) is 7.92. The van der Waals surface area contributed by atoms with Crippen LogP contribution >= 0.6 is 0 Å². The maximum Gasteiger partial charge on any atom is 0.00582 e. The maximum atomic E-state index is 7.39. The fraction of sp³-hybridized carbons (Fsp3) is 0.952. The Bertz CT molecular complexity index is 234. The number of nitrogens with one attached hydrogen (secondary N) is 1. The van der Waals surface area contributed by atoms with Gasteiger partial charge in [-0.2, -0.15) is 0 Å². The SMILES string of the molecule is CCCCCC(C)CCCCCCCCCCCCC(C)=N. The van der Waals surface area contributed by atoms with E-state index >= 15 is 0 Å². The molecule has 1 heteroatoms. The average molecular weight is 310 g/mol. The number of hydrogen-bond donors (Lipinski definition) is 1. The second-order valence-corrected chi connectivity index (χ2v) is 7.46. The van der Waals surface area contributed by atoms with Crippen LogP contribution in [0.5, 0.6) is 0 Å². The summed E-state index contributed by atoms with van der Waals surface area (Å²) in [4.78, 5) is 0. The quantitative estimate of drug-likeness (QED) is 0.208. The normalized spacial score (nSPS) is 12.5. The summed E-state index contributed by atoms with van der Waals surface area (Å²) < 4.78 is 0. The molecule has 0 aliphatic carbocycles. The van der Waals surface area contributed by atoms with Gasteiger partial charge in [0.2, 0.25) is 0 Å². The molecule has 0 saturated heterocycles. The Morgan fingerprint density at radius 3 is 1.55 bits per heavy atom. The highest BCUT2D eigenvalue weighted by Crippen LogP contribution is 2.18. The third-order valence-electron chi connectivity index (χ3n) is 4.80. The first-order valence-electron chi connectivity index (χ1n) is 10.2. The van der Waals surface area contributed by atoms with Gasteiger partial charge < -0.3 is 5.41 Å². The van der Waals surface area contributed by atoms with Crippen molar-refractivity contribution in [3.05, 3.63) is 0 Å². The molecule has 1 atom stereocenters. The maximum absolute atomic E-state index is 7.39. The number of unbranched alkanes of at least 4 members (excludes halogenated alkanes) is 11. The Hall–Kier alpha value is -0.330. The highest BCUT2D eigenvalue weighted by Gasteiger charge is 2.01. The lowest BCUT2D eigenvalue weighted by atomic mass is 9.96. The van der Waals surface area contributed by atoms with E-state index < -0.39 is 0 Å². The first-order chi connectivity index (χ1) is 10.7. The second-order valence-electron chi connectivity index (χ2n) is 7.46. The van der Waals surface area contributed by atoms with E-state index in [2.05, 4.69) is 13.8 Å². The minimum absolute atomic E-state index is 0.847. The summed E-state index contributed by atoms with van der Waals surface area (Å²) in [5, 5.41) is 7.39. The van der Waals surface area contributed by atoms with E-state index in [0.717, 1.165) is 18.1 Å². The zero-order valence-corrected chi connectivity index (χ0v) is 15.9. The summed E-state index contributed by atoms with van der Waals surface area (Å²) in [5.74, 6) is 0.955. The van der Waals surface area contributed by atoms with Crippen molar-refractivity contribution in [2.45, 2.75) is 124 Å². The van der Waals surface area contributed by atoms with Gasteiger partial charge in [0.05, 0.1) is 0 Å². The molecule has 0 aliphatic heterocycles. The molecule has 132 valence electrons. The van der Waals surface area contributed by atoms with Crippen LogP contribution in [0.2, 0.25) is 0 Å². The van der Waals surface area contributed by atoms with Crippen molar-refractivity contribution < 1.29 is 0 Å². The van der Waals surface area contributed by atoms with Crippen LogP contribution in [-0.2, 0) is 0 Å². The summed E-state index contributed by atoms with van der Waals surface area (Å²) in [6.45, 7) is 6.66. The van der Waals surface area contributed by atoms with Crippen LogP contribution < -0.4 is 0 Å². The first kappa shape index (κ1) is 21.7. The van der Waals surface area contributed by atoms with Gasteiger partial charge in [-0.25, -0.2) is 0 Å². The van der Waals surface area contributed by atoms with Gasteiger partial charge in [-0.1, -0.05) is 104 Å². The lowest BCUT2D eigenvalue weighted by Crippen LogP contribution is -1.94. The second kappa shape index (κ2) is 17.0. The lowest BCUT2D eigenvalue weighted by Gasteiger charge is -2.10. The summed E-state index contributed by atoms with van der Waals surface area (Å²) in [5.41, 5.74) is 0.847. The van der Waals surface area contributed by atoms with Crippen molar-refractivity contribution in [2.24, 2.45) is 5.92 Å². The fourth-order valence-corrected chi connectivity index (χ4v) is 3.18. The third-order valence-corrected chi connectivity index (χ3v) is 4.80. The van der Waals surface area contributed by atoms with Crippen LogP contribution in [0.25, 0.3) is 0 Å². The Labute approximate surface area is 141 Å². The molecule has 0 aromatic rings. The molecule has 0 aromatic heterocycles. The monoisotopic (exact) mass is 309 g/mol. The molecule has 22 heavy (non-hydrogen) atoms. The fourth-order valence-electron chi connectivity index (χ4n) is 3.18. The summed E-state index contributed by atoms with van der Waals surface area (Å²) in [6, 6.07) is 0. The Balaban J connectivity index is 3.09. The van der Waals surface area contributed by atoms with Gasteiger partial charge in [0.15, 0.2) is 0 Å². The van der Waals surface area contributed by atoms with E-state index in [4.69, 9.17) is 5.41 Å². The largest absolute Gasteiger partial charge is 0.310 e. The molecule has 1 nitrogen and oxygen atoms in total. The molecular formula is C21H43N. The molecular weight excluding hydrogens is 266 g/mol. The van der Waals surface area contributed by atoms with Crippen molar-refractivity contribution in [2.75, 3.05) is 0 Å². The van der Waals surface area contributed by atoms with Gasteiger partial charge in [-0.15, -0.1) is 0 Å². The van der Waals surface area contributed by atoms with Gasteiger partial charge in [0.1, 0.15) is 0 Å². The minimum Gasteiger partial charge on any atom is -0.310 e. The molecule has 0 bridgehead atoms. The highest BCUT2D eigenvalue weighted by molar-refractivity contribution is 5.78. The molecule has 0 spiro atoms. The summed E-state index contributed by atoms with van der Waals surface area (Å²) in [7, 11) is 0. The van der Waals surface area contributed by atoms with Gasteiger partial charge in [0, 0.05) is 5.71 Å². The van der Waals surface area contributed by atoms with Gasteiger partial charge in [-0.3, -0.25) is 0 Å². The molecule has 0 rings (SSSR count). The molecule has 0 aliphatic rings. The first-order valence-corrected chi connectivity index (χ1v) is 10.2. The summed E-state index contributed by atoms with van der Waals surface area (Å²) >= 11 is 0. The Kier molecular flexibility index (Phi) is 16.8. The van der Waals surface area contributed by atoms with E-state index in [-0.39, 0.29) is 0 Å².